The van der Waals surface area contributed by atoms with Crippen molar-refractivity contribution in [1.29, 1.82) is 0 Å². The van der Waals surface area contributed by atoms with E-state index in [1.165, 1.54) is 4.90 Å². The zero-order valence-electron chi connectivity index (χ0n) is 17.1. The summed E-state index contributed by atoms with van der Waals surface area (Å²) in [6.45, 7) is 5.33. The number of likely N-dealkylation sites (N-methyl/N-ethyl adjacent to an activating group) is 3. The number of benzene rings is 1. The summed E-state index contributed by atoms with van der Waals surface area (Å²) in [5, 5.41) is 5.52. The Morgan fingerprint density at radius 1 is 1.00 bits per heavy atom. The number of carbonyl (C=O) groups is 3. The molecule has 0 saturated heterocycles. The molecule has 1 aromatic heterocycles. The lowest BCUT2D eigenvalue weighted by Gasteiger charge is -2.25. The molecule has 8 heteroatoms. The normalized spacial score (nSPS) is 10.6. The average molecular weight is 400 g/mol. The van der Waals surface area contributed by atoms with Crippen LogP contribution in [-0.4, -0.2) is 55.8 Å². The van der Waals surface area contributed by atoms with Gasteiger partial charge < -0.3 is 20.0 Å². The highest BCUT2D eigenvalue weighted by Crippen LogP contribution is 2.20. The molecule has 29 heavy (non-hydrogen) atoms. The smallest absolute Gasteiger partial charge is 0.253 e. The molecule has 0 aliphatic heterocycles. The summed E-state index contributed by atoms with van der Waals surface area (Å²) in [5.74, 6) is 0.0143. The maximum absolute atomic E-state index is 12.8. The molecule has 0 aliphatic carbocycles. The lowest BCUT2D eigenvalue weighted by Crippen LogP contribution is -2.43. The van der Waals surface area contributed by atoms with Crippen molar-refractivity contribution in [2.24, 2.45) is 0 Å². The van der Waals surface area contributed by atoms with Crippen molar-refractivity contribution in [3.05, 3.63) is 54.0 Å². The number of nitrogens with one attached hydrogen (secondary N) is 2. The molecule has 0 unspecified atom stereocenters. The van der Waals surface area contributed by atoms with Crippen molar-refractivity contribution in [1.82, 2.24) is 15.5 Å². The molecule has 0 saturated carbocycles. The summed E-state index contributed by atoms with van der Waals surface area (Å²) in [4.78, 5) is 40.4. The van der Waals surface area contributed by atoms with E-state index >= 15 is 0 Å². The van der Waals surface area contributed by atoms with E-state index in [0.29, 0.717) is 30.1 Å². The average Bonchev–Trinajstić information content (AvgIpc) is 3.24. The van der Waals surface area contributed by atoms with E-state index in [0.717, 1.165) is 0 Å². The quantitative estimate of drug-likeness (QED) is 0.632. The topological polar surface area (TPSA) is 94.9 Å². The molecule has 0 radical (unpaired) electrons. The maximum Gasteiger partial charge on any atom is 0.253 e. The first kappa shape index (κ1) is 22.2. The Morgan fingerprint density at radius 2 is 1.76 bits per heavy atom. The van der Waals surface area contributed by atoms with Gasteiger partial charge in [0.05, 0.1) is 37.1 Å². The van der Waals surface area contributed by atoms with Gasteiger partial charge in [0.2, 0.25) is 11.8 Å². The molecule has 1 heterocycles. The van der Waals surface area contributed by atoms with Crippen LogP contribution < -0.4 is 15.5 Å². The van der Waals surface area contributed by atoms with Gasteiger partial charge in [-0.3, -0.25) is 19.3 Å². The molecule has 0 bridgehead atoms. The maximum atomic E-state index is 12.8. The number of hydrogen-bond donors (Lipinski definition) is 2. The Bertz CT molecular complexity index is 820. The monoisotopic (exact) mass is 400 g/mol. The Kier molecular flexibility index (Phi) is 8.42. The summed E-state index contributed by atoms with van der Waals surface area (Å²) in [5.41, 5.74) is 0.894. The molecule has 0 spiro atoms. The van der Waals surface area contributed by atoms with Crippen LogP contribution in [0.5, 0.6) is 0 Å². The molecule has 8 nitrogen and oxygen atoms in total. The third-order valence-electron chi connectivity index (χ3n) is 4.43. The number of amides is 3. The van der Waals surface area contributed by atoms with Gasteiger partial charge in [-0.25, -0.2) is 0 Å². The van der Waals surface area contributed by atoms with Gasteiger partial charge in [-0.2, -0.15) is 0 Å². The molecular formula is C21H28N4O4. The largest absolute Gasteiger partial charge is 0.467 e. The minimum Gasteiger partial charge on any atom is -0.467 e. The summed E-state index contributed by atoms with van der Waals surface area (Å²) < 4.78 is 5.22. The van der Waals surface area contributed by atoms with Crippen LogP contribution in [-0.2, 0) is 16.1 Å². The van der Waals surface area contributed by atoms with Gasteiger partial charge >= 0.3 is 0 Å². The van der Waals surface area contributed by atoms with Gasteiger partial charge in [-0.15, -0.1) is 0 Å². The van der Waals surface area contributed by atoms with Crippen LogP contribution in [0.2, 0.25) is 0 Å². The lowest BCUT2D eigenvalue weighted by atomic mass is 10.1. The van der Waals surface area contributed by atoms with Crippen LogP contribution in [0.15, 0.2) is 47.1 Å². The molecule has 3 amide bonds. The van der Waals surface area contributed by atoms with E-state index < -0.39 is 0 Å². The van der Waals surface area contributed by atoms with Crippen molar-refractivity contribution in [2.45, 2.75) is 20.4 Å². The second-order valence-corrected chi connectivity index (χ2v) is 6.49. The third-order valence-corrected chi connectivity index (χ3v) is 4.43. The number of carbonyl (C=O) groups excluding carboxylic acids is 3. The Labute approximate surface area is 170 Å². The van der Waals surface area contributed by atoms with E-state index in [2.05, 4.69) is 10.6 Å². The summed E-state index contributed by atoms with van der Waals surface area (Å²) >= 11 is 0. The van der Waals surface area contributed by atoms with Crippen LogP contribution in [0.4, 0.5) is 5.69 Å². The molecule has 2 N–H and O–H groups in total. The highest BCUT2D eigenvalue weighted by Gasteiger charge is 2.21. The second kappa shape index (κ2) is 11.0. The Balaban J connectivity index is 2.05. The Morgan fingerprint density at radius 3 is 2.41 bits per heavy atom. The molecule has 156 valence electrons. The fourth-order valence-electron chi connectivity index (χ4n) is 2.80. The number of rotatable bonds is 10. The predicted octanol–water partition coefficient (Wildman–Crippen LogP) is 1.63. The van der Waals surface area contributed by atoms with E-state index in [-0.39, 0.29) is 37.4 Å². The number of para-hydroxylation sites is 1. The van der Waals surface area contributed by atoms with Crippen LogP contribution in [0.3, 0.4) is 0 Å². The molecular weight excluding hydrogens is 372 g/mol. The zero-order valence-corrected chi connectivity index (χ0v) is 17.1. The minimum absolute atomic E-state index is 0.0759. The van der Waals surface area contributed by atoms with Crippen molar-refractivity contribution in [2.75, 3.05) is 38.1 Å². The standard InChI is InChI=1S/C21H28N4O4/c1-4-22-19(26)14-25(5-2)15-20(27)24(3)18-11-7-6-10-17(18)21(28)23-13-16-9-8-12-29-16/h6-12H,4-5,13-15H2,1-3H3,(H,22,26)(H,23,28). The first-order valence-corrected chi connectivity index (χ1v) is 9.61. The second-order valence-electron chi connectivity index (χ2n) is 6.49. The van der Waals surface area contributed by atoms with Crippen LogP contribution in [0.1, 0.15) is 30.0 Å². The van der Waals surface area contributed by atoms with E-state index in [1.807, 2.05) is 13.8 Å². The minimum atomic E-state index is -0.300. The van der Waals surface area contributed by atoms with Gasteiger partial charge in [-0.1, -0.05) is 19.1 Å². The van der Waals surface area contributed by atoms with Crippen molar-refractivity contribution in [3.8, 4) is 0 Å². The first-order valence-electron chi connectivity index (χ1n) is 9.61. The fraction of sp³-hybridized carbons (Fsp3) is 0.381. The predicted molar refractivity (Wildman–Crippen MR) is 111 cm³/mol. The number of furan rings is 1. The van der Waals surface area contributed by atoms with E-state index in [9.17, 15) is 14.4 Å². The van der Waals surface area contributed by atoms with Crippen LogP contribution in [0.25, 0.3) is 0 Å². The van der Waals surface area contributed by atoms with Gasteiger partial charge in [0.15, 0.2) is 0 Å². The third kappa shape index (κ3) is 6.46. The SMILES string of the molecule is CCNC(=O)CN(CC)CC(=O)N(C)c1ccccc1C(=O)NCc1ccco1. The fourth-order valence-corrected chi connectivity index (χ4v) is 2.80. The van der Waals surface area contributed by atoms with Gasteiger partial charge in [0.1, 0.15) is 5.76 Å². The summed E-state index contributed by atoms with van der Waals surface area (Å²) in [6, 6.07) is 10.4. The van der Waals surface area contributed by atoms with Crippen molar-refractivity contribution < 1.29 is 18.8 Å². The van der Waals surface area contributed by atoms with Crippen LogP contribution in [0, 0.1) is 0 Å². The zero-order chi connectivity index (χ0) is 21.2. The van der Waals surface area contributed by atoms with Gasteiger partial charge in [0, 0.05) is 13.6 Å². The van der Waals surface area contributed by atoms with Gasteiger partial charge in [-0.05, 0) is 37.7 Å². The molecule has 2 rings (SSSR count). The Hall–Kier alpha value is -3.13. The van der Waals surface area contributed by atoms with Crippen LogP contribution >= 0.6 is 0 Å². The molecule has 2 aromatic rings. The van der Waals surface area contributed by atoms with Crippen molar-refractivity contribution in [3.63, 3.8) is 0 Å². The lowest BCUT2D eigenvalue weighted by molar-refractivity contribution is -0.123. The number of anilines is 1. The van der Waals surface area contributed by atoms with Gasteiger partial charge in [0.25, 0.3) is 5.91 Å². The highest BCUT2D eigenvalue weighted by atomic mass is 16.3. The van der Waals surface area contributed by atoms with Crippen molar-refractivity contribution >= 4 is 23.4 Å². The molecule has 0 fully saturated rings. The summed E-state index contributed by atoms with van der Waals surface area (Å²) in [7, 11) is 1.63. The molecule has 0 atom stereocenters. The van der Waals surface area contributed by atoms with E-state index in [4.69, 9.17) is 4.42 Å². The number of nitrogens with zero attached hydrogens (tertiary/aromatic N) is 2. The first-order chi connectivity index (χ1) is 14.0. The highest BCUT2D eigenvalue weighted by molar-refractivity contribution is 6.05. The number of hydrogen-bond acceptors (Lipinski definition) is 5. The van der Waals surface area contributed by atoms with E-state index in [1.54, 1.807) is 54.6 Å². The molecule has 1 aromatic carbocycles. The molecule has 0 aliphatic rings. The summed E-state index contributed by atoms with van der Waals surface area (Å²) in [6.07, 6.45) is 1.54.